The smallest absolute Gasteiger partial charge is 0.340 e. The second-order valence-corrected chi connectivity index (χ2v) is 6.26. The van der Waals surface area contributed by atoms with Gasteiger partial charge in [0.15, 0.2) is 5.76 Å². The molecule has 0 radical (unpaired) electrons. The largest absolute Gasteiger partial charge is 0.455 e. The topological polar surface area (TPSA) is 52.3 Å². The van der Waals surface area contributed by atoms with E-state index < -0.39 is 5.97 Å². The molecule has 0 unspecified atom stereocenters. The van der Waals surface area contributed by atoms with Gasteiger partial charge in [-0.15, -0.1) is 11.8 Å². The van der Waals surface area contributed by atoms with Crippen LogP contribution in [0, 0.1) is 0 Å². The van der Waals surface area contributed by atoms with E-state index in [0.29, 0.717) is 22.0 Å². The quantitative estimate of drug-likeness (QED) is 0.470. The number of ether oxygens (including phenoxy) is 1. The highest BCUT2D eigenvalue weighted by atomic mass is 35.5. The van der Waals surface area contributed by atoms with Crippen LogP contribution in [-0.2, 0) is 11.3 Å². The Balaban J connectivity index is 1.68. The van der Waals surface area contributed by atoms with E-state index in [0.717, 1.165) is 10.5 Å². The number of aromatic nitrogens is 1. The second-order valence-electron chi connectivity index (χ2n) is 4.97. The van der Waals surface area contributed by atoms with Gasteiger partial charge >= 0.3 is 5.97 Å². The highest BCUT2D eigenvalue weighted by molar-refractivity contribution is 7.98. The summed E-state index contributed by atoms with van der Waals surface area (Å²) in [6, 6.07) is 16.6. The summed E-state index contributed by atoms with van der Waals surface area (Å²) in [7, 11) is 0. The molecule has 0 aliphatic heterocycles. The molecule has 0 fully saturated rings. The van der Waals surface area contributed by atoms with Gasteiger partial charge in [-0.05, 0) is 24.5 Å². The van der Waals surface area contributed by atoms with Crippen LogP contribution in [0.5, 0.6) is 0 Å². The van der Waals surface area contributed by atoms with E-state index in [2.05, 4.69) is 5.16 Å². The molecule has 3 rings (SSSR count). The Morgan fingerprint density at radius 1 is 1.21 bits per heavy atom. The van der Waals surface area contributed by atoms with Crippen molar-refractivity contribution in [1.29, 1.82) is 0 Å². The number of thioether (sulfide) groups is 1. The van der Waals surface area contributed by atoms with Crippen molar-refractivity contribution in [2.75, 3.05) is 6.26 Å². The Hall–Kier alpha value is -2.24. The molecule has 0 amide bonds. The minimum Gasteiger partial charge on any atom is -0.455 e. The Kier molecular flexibility index (Phi) is 5.23. The molecule has 122 valence electrons. The van der Waals surface area contributed by atoms with Crippen LogP contribution in [0.2, 0.25) is 5.02 Å². The zero-order valence-electron chi connectivity index (χ0n) is 12.9. The number of rotatable bonds is 5. The van der Waals surface area contributed by atoms with Crippen molar-refractivity contribution in [3.63, 3.8) is 0 Å². The van der Waals surface area contributed by atoms with E-state index in [1.165, 1.54) is 11.8 Å². The Morgan fingerprint density at radius 3 is 2.75 bits per heavy atom. The summed E-state index contributed by atoms with van der Waals surface area (Å²) in [5.41, 5.74) is 1.80. The predicted molar refractivity (Wildman–Crippen MR) is 94.3 cm³/mol. The number of carbonyl (C=O) groups excluding carboxylic acids is 1. The van der Waals surface area contributed by atoms with E-state index in [1.54, 1.807) is 18.2 Å². The fraction of sp³-hybridized carbons (Fsp3) is 0.111. The molecule has 0 bridgehead atoms. The molecule has 0 spiro atoms. The van der Waals surface area contributed by atoms with Crippen molar-refractivity contribution >= 4 is 29.3 Å². The summed E-state index contributed by atoms with van der Waals surface area (Å²) in [4.78, 5) is 13.2. The van der Waals surface area contributed by atoms with Gasteiger partial charge < -0.3 is 9.26 Å². The van der Waals surface area contributed by atoms with E-state index in [9.17, 15) is 4.79 Å². The van der Waals surface area contributed by atoms with Gasteiger partial charge in [-0.25, -0.2) is 4.79 Å². The number of halogens is 1. The number of benzene rings is 2. The van der Waals surface area contributed by atoms with Crippen LogP contribution >= 0.6 is 23.4 Å². The number of hydrogen-bond acceptors (Lipinski definition) is 5. The maximum Gasteiger partial charge on any atom is 0.340 e. The number of hydrogen-bond donors (Lipinski definition) is 0. The van der Waals surface area contributed by atoms with Crippen molar-refractivity contribution in [3.05, 3.63) is 70.9 Å². The third-order valence-corrected chi connectivity index (χ3v) is 4.42. The lowest BCUT2D eigenvalue weighted by molar-refractivity contribution is 0.0464. The van der Waals surface area contributed by atoms with Gasteiger partial charge in [-0.1, -0.05) is 47.1 Å². The molecule has 0 saturated carbocycles. The monoisotopic (exact) mass is 359 g/mol. The molecule has 2 aromatic carbocycles. The molecule has 0 saturated heterocycles. The fourth-order valence-electron chi connectivity index (χ4n) is 2.12. The van der Waals surface area contributed by atoms with Crippen LogP contribution in [0.3, 0.4) is 0 Å². The summed E-state index contributed by atoms with van der Waals surface area (Å²) >= 11 is 7.60. The molecule has 1 aromatic heterocycles. The van der Waals surface area contributed by atoms with Crippen LogP contribution in [0.4, 0.5) is 0 Å². The first-order chi connectivity index (χ1) is 11.7. The first-order valence-corrected chi connectivity index (χ1v) is 8.79. The first-order valence-electron chi connectivity index (χ1n) is 7.19. The van der Waals surface area contributed by atoms with Crippen LogP contribution in [0.1, 0.15) is 16.1 Å². The molecule has 1 heterocycles. The van der Waals surface area contributed by atoms with Crippen molar-refractivity contribution in [2.45, 2.75) is 11.5 Å². The van der Waals surface area contributed by atoms with Crippen molar-refractivity contribution < 1.29 is 14.1 Å². The third-order valence-electron chi connectivity index (χ3n) is 3.36. The Bertz CT molecular complexity index is 848. The SMILES string of the molecule is CSc1ccc(Cl)c(C(=O)OCc2cc(-c3ccccc3)on2)c1. The maximum atomic E-state index is 12.2. The molecule has 0 N–H and O–H groups in total. The van der Waals surface area contributed by atoms with Gasteiger partial charge in [0, 0.05) is 16.5 Å². The van der Waals surface area contributed by atoms with Crippen molar-refractivity contribution in [2.24, 2.45) is 0 Å². The van der Waals surface area contributed by atoms with E-state index in [-0.39, 0.29) is 6.61 Å². The summed E-state index contributed by atoms with van der Waals surface area (Å²) in [5, 5.41) is 4.29. The first kappa shape index (κ1) is 16.6. The lowest BCUT2D eigenvalue weighted by Crippen LogP contribution is -2.06. The van der Waals surface area contributed by atoms with Crippen LogP contribution in [0.15, 0.2) is 64.0 Å². The lowest BCUT2D eigenvalue weighted by Gasteiger charge is -2.06. The van der Waals surface area contributed by atoms with Gasteiger partial charge in [0.2, 0.25) is 0 Å². The molecule has 6 heteroatoms. The average Bonchev–Trinajstić information content (AvgIpc) is 3.10. The fourth-order valence-corrected chi connectivity index (χ4v) is 2.76. The highest BCUT2D eigenvalue weighted by Gasteiger charge is 2.14. The normalized spacial score (nSPS) is 10.6. The third kappa shape index (κ3) is 3.80. The maximum absolute atomic E-state index is 12.2. The summed E-state index contributed by atoms with van der Waals surface area (Å²) in [6.45, 7) is 0.0228. The number of carbonyl (C=O) groups is 1. The molecule has 4 nitrogen and oxygen atoms in total. The number of nitrogens with zero attached hydrogens (tertiary/aromatic N) is 1. The van der Waals surface area contributed by atoms with E-state index >= 15 is 0 Å². The second kappa shape index (κ2) is 7.55. The summed E-state index contributed by atoms with van der Waals surface area (Å²) in [5.74, 6) is 0.143. The van der Waals surface area contributed by atoms with Crippen molar-refractivity contribution in [3.8, 4) is 11.3 Å². The standard InChI is InChI=1S/C18H14ClNO3S/c1-24-14-7-8-16(19)15(10-14)18(21)22-11-13-9-17(23-20-13)12-5-3-2-4-6-12/h2-10H,11H2,1H3. The van der Waals surface area contributed by atoms with Crippen LogP contribution < -0.4 is 0 Å². The molecule has 0 atom stereocenters. The van der Waals surface area contributed by atoms with E-state index in [1.807, 2.05) is 42.7 Å². The molecular weight excluding hydrogens is 346 g/mol. The summed E-state index contributed by atoms with van der Waals surface area (Å²) < 4.78 is 10.6. The minimum atomic E-state index is -0.486. The molecule has 0 aliphatic rings. The van der Waals surface area contributed by atoms with Gasteiger partial charge in [-0.3, -0.25) is 0 Å². The number of esters is 1. The van der Waals surface area contributed by atoms with Gasteiger partial charge in [0.25, 0.3) is 0 Å². The molecular formula is C18H14ClNO3S. The zero-order valence-corrected chi connectivity index (χ0v) is 14.4. The van der Waals surface area contributed by atoms with Crippen LogP contribution in [0.25, 0.3) is 11.3 Å². The molecule has 3 aromatic rings. The summed E-state index contributed by atoms with van der Waals surface area (Å²) in [6.07, 6.45) is 1.93. The van der Waals surface area contributed by atoms with Crippen molar-refractivity contribution in [1.82, 2.24) is 5.16 Å². The van der Waals surface area contributed by atoms with Crippen LogP contribution in [-0.4, -0.2) is 17.4 Å². The van der Waals surface area contributed by atoms with Gasteiger partial charge in [0.05, 0.1) is 10.6 Å². The highest BCUT2D eigenvalue weighted by Crippen LogP contribution is 2.24. The van der Waals surface area contributed by atoms with Gasteiger partial charge in [0.1, 0.15) is 12.3 Å². The van der Waals surface area contributed by atoms with Gasteiger partial charge in [-0.2, -0.15) is 0 Å². The molecule has 24 heavy (non-hydrogen) atoms. The molecule has 0 aliphatic carbocycles. The van der Waals surface area contributed by atoms with E-state index in [4.69, 9.17) is 20.9 Å². The average molecular weight is 360 g/mol. The lowest BCUT2D eigenvalue weighted by atomic mass is 10.2. The Morgan fingerprint density at radius 2 is 2.00 bits per heavy atom. The Labute approximate surface area is 148 Å². The predicted octanol–water partition coefficient (Wildman–Crippen LogP) is 5.07. The zero-order chi connectivity index (χ0) is 16.9. The minimum absolute atomic E-state index is 0.0228.